The molecule has 0 spiro atoms. The van der Waals surface area contributed by atoms with E-state index >= 15 is 0 Å². The lowest BCUT2D eigenvalue weighted by molar-refractivity contribution is -0.113. The smallest absolute Gasteiger partial charge is 0.159 e. The Bertz CT molecular complexity index is 976. The third kappa shape index (κ3) is 2.34. The average Bonchev–Trinajstić information content (AvgIpc) is 2.90. The van der Waals surface area contributed by atoms with E-state index in [-0.39, 0.29) is 5.78 Å². The van der Waals surface area contributed by atoms with Gasteiger partial charge in [0.25, 0.3) is 0 Å². The molecule has 1 N–H and O–H groups in total. The number of ketones is 1. The molecule has 1 aliphatic rings. The van der Waals surface area contributed by atoms with Crippen LogP contribution in [0.3, 0.4) is 0 Å². The third-order valence-electron chi connectivity index (χ3n) is 4.35. The van der Waals surface area contributed by atoms with Crippen molar-refractivity contribution in [1.29, 1.82) is 0 Å². The summed E-state index contributed by atoms with van der Waals surface area (Å²) >= 11 is 0. The third-order valence-corrected chi connectivity index (χ3v) is 4.35. The fourth-order valence-electron chi connectivity index (χ4n) is 3.26. The summed E-state index contributed by atoms with van der Waals surface area (Å²) in [6.45, 7) is 3.12. The number of aromatic nitrogens is 1. The highest BCUT2D eigenvalue weighted by Crippen LogP contribution is 2.31. The summed E-state index contributed by atoms with van der Waals surface area (Å²) in [7, 11) is 0. The number of anilines is 1. The molecule has 0 radical (unpaired) electrons. The van der Waals surface area contributed by atoms with E-state index < -0.39 is 0 Å². The van der Waals surface area contributed by atoms with Crippen molar-refractivity contribution >= 4 is 33.3 Å². The van der Waals surface area contributed by atoms with Crippen molar-refractivity contribution in [2.45, 2.75) is 19.9 Å². The molecule has 2 aromatic carbocycles. The lowest BCUT2D eigenvalue weighted by Gasteiger charge is -2.10. The summed E-state index contributed by atoms with van der Waals surface area (Å²) in [5.74, 6) is 0.150. The molecule has 4 rings (SSSR count). The van der Waals surface area contributed by atoms with E-state index in [0.717, 1.165) is 17.9 Å². The molecule has 0 saturated carbocycles. The summed E-state index contributed by atoms with van der Waals surface area (Å²) in [5, 5.41) is 5.93. The van der Waals surface area contributed by atoms with Crippen molar-refractivity contribution < 1.29 is 4.79 Å². The van der Waals surface area contributed by atoms with Crippen molar-refractivity contribution in [3.63, 3.8) is 0 Å². The van der Waals surface area contributed by atoms with Gasteiger partial charge in [-0.25, -0.2) is 0 Å². The summed E-state index contributed by atoms with van der Waals surface area (Å²) < 4.78 is 2.34. The lowest BCUT2D eigenvalue weighted by Crippen LogP contribution is -2.03. The minimum Gasteiger partial charge on any atom is -0.356 e. The normalized spacial score (nSPS) is 14.5. The molecule has 0 unspecified atom stereocenters. The molecule has 0 amide bonds. The van der Waals surface area contributed by atoms with Gasteiger partial charge in [0.15, 0.2) is 5.78 Å². The maximum Gasteiger partial charge on any atom is 0.159 e. The first-order chi connectivity index (χ1) is 11.3. The van der Waals surface area contributed by atoms with Gasteiger partial charge in [-0.05, 0) is 43.3 Å². The molecular weight excluding hydrogens is 284 g/mol. The molecule has 1 aliphatic carbocycles. The van der Waals surface area contributed by atoms with Crippen molar-refractivity contribution in [1.82, 2.24) is 4.57 Å². The first-order valence-corrected chi connectivity index (χ1v) is 7.95. The maximum absolute atomic E-state index is 11.3. The van der Waals surface area contributed by atoms with Crippen molar-refractivity contribution in [2.75, 3.05) is 5.32 Å². The maximum atomic E-state index is 11.3. The van der Waals surface area contributed by atoms with Gasteiger partial charge in [-0.2, -0.15) is 0 Å². The Balaban J connectivity index is 1.80. The molecule has 1 heterocycles. The summed E-state index contributed by atoms with van der Waals surface area (Å²) in [5.41, 5.74) is 4.54. The molecule has 114 valence electrons. The molecule has 23 heavy (non-hydrogen) atoms. The van der Waals surface area contributed by atoms with Gasteiger partial charge in [-0.15, -0.1) is 0 Å². The van der Waals surface area contributed by atoms with E-state index in [1.54, 1.807) is 6.08 Å². The number of hydrogen-bond donors (Lipinski definition) is 1. The number of carbonyl (C=O) groups excluding carboxylic acids is 1. The Morgan fingerprint density at radius 3 is 2.65 bits per heavy atom. The van der Waals surface area contributed by atoms with E-state index in [4.69, 9.17) is 0 Å². The number of aryl methyl sites for hydroxylation is 1. The van der Waals surface area contributed by atoms with Crippen LogP contribution in [0.25, 0.3) is 21.8 Å². The number of carbonyl (C=O) groups is 1. The molecule has 3 aromatic rings. The Kier molecular flexibility index (Phi) is 3.27. The topological polar surface area (TPSA) is 34.0 Å². The van der Waals surface area contributed by atoms with Crippen LogP contribution in [0.1, 0.15) is 13.3 Å². The first kappa shape index (κ1) is 13.8. The van der Waals surface area contributed by atoms with Crippen LogP contribution >= 0.6 is 0 Å². The van der Waals surface area contributed by atoms with E-state index in [0.29, 0.717) is 6.42 Å². The van der Waals surface area contributed by atoms with Gasteiger partial charge in [0.1, 0.15) is 0 Å². The minimum absolute atomic E-state index is 0.150. The first-order valence-electron chi connectivity index (χ1n) is 7.95. The second-order valence-corrected chi connectivity index (χ2v) is 5.78. The van der Waals surface area contributed by atoms with Crippen LogP contribution in [0.5, 0.6) is 0 Å². The largest absolute Gasteiger partial charge is 0.356 e. The zero-order valence-corrected chi connectivity index (χ0v) is 13.0. The van der Waals surface area contributed by atoms with Gasteiger partial charge in [0.2, 0.25) is 0 Å². The van der Waals surface area contributed by atoms with E-state index in [1.165, 1.54) is 21.8 Å². The lowest BCUT2D eigenvalue weighted by atomic mass is 10.1. The predicted molar refractivity (Wildman–Crippen MR) is 95.6 cm³/mol. The minimum atomic E-state index is 0.150. The molecule has 0 atom stereocenters. The zero-order valence-electron chi connectivity index (χ0n) is 13.0. The van der Waals surface area contributed by atoms with Crippen LogP contribution in [-0.2, 0) is 11.3 Å². The van der Waals surface area contributed by atoms with E-state index in [9.17, 15) is 4.79 Å². The van der Waals surface area contributed by atoms with Crippen LogP contribution in [0.2, 0.25) is 0 Å². The van der Waals surface area contributed by atoms with Gasteiger partial charge >= 0.3 is 0 Å². The molecule has 0 fully saturated rings. The average molecular weight is 302 g/mol. The monoisotopic (exact) mass is 302 g/mol. The van der Waals surface area contributed by atoms with E-state index in [2.05, 4.69) is 59.3 Å². The number of nitrogens with one attached hydrogen (secondary N) is 1. The van der Waals surface area contributed by atoms with Gasteiger partial charge < -0.3 is 9.88 Å². The predicted octanol–water partition coefficient (Wildman–Crippen LogP) is 4.64. The highest BCUT2D eigenvalue weighted by atomic mass is 16.1. The molecule has 3 heteroatoms. The Morgan fingerprint density at radius 2 is 1.87 bits per heavy atom. The van der Waals surface area contributed by atoms with Gasteiger partial charge in [0.05, 0.1) is 0 Å². The fraction of sp³-hybridized carbons (Fsp3) is 0.150. The molecular formula is C20H18N2O. The molecule has 3 nitrogen and oxygen atoms in total. The SMILES string of the molecule is CCn1c2ccccc2c2cc(NC3=CCC(=O)C=C3)ccc21. The Hall–Kier alpha value is -2.81. The standard InChI is InChI=1S/C20H18N2O/c1-2-22-19-6-4-3-5-17(19)18-13-15(9-12-20(18)22)21-14-7-10-16(23)11-8-14/h3-10,12-13,21H,2,11H2,1H3. The second-order valence-electron chi connectivity index (χ2n) is 5.78. The van der Waals surface area contributed by atoms with Crippen LogP contribution in [-0.4, -0.2) is 10.4 Å². The number of benzene rings is 2. The van der Waals surface area contributed by atoms with Gasteiger partial charge in [0, 0.05) is 46.2 Å². The van der Waals surface area contributed by atoms with Crippen LogP contribution in [0.15, 0.2) is 66.4 Å². The molecule has 0 bridgehead atoms. The van der Waals surface area contributed by atoms with Crippen LogP contribution < -0.4 is 5.32 Å². The molecule has 0 aliphatic heterocycles. The number of fused-ring (bicyclic) bond motifs is 3. The fourth-order valence-corrected chi connectivity index (χ4v) is 3.26. The molecule has 0 saturated heterocycles. The quantitative estimate of drug-likeness (QED) is 0.765. The zero-order chi connectivity index (χ0) is 15.8. The van der Waals surface area contributed by atoms with Crippen molar-refractivity contribution in [2.24, 2.45) is 0 Å². The Labute approximate surface area is 134 Å². The molecule has 1 aromatic heterocycles. The van der Waals surface area contributed by atoms with Crippen LogP contribution in [0.4, 0.5) is 5.69 Å². The van der Waals surface area contributed by atoms with Crippen molar-refractivity contribution in [3.8, 4) is 0 Å². The summed E-state index contributed by atoms with van der Waals surface area (Å²) in [4.78, 5) is 11.3. The second kappa shape index (κ2) is 5.43. The van der Waals surface area contributed by atoms with Gasteiger partial charge in [-0.1, -0.05) is 24.3 Å². The number of hydrogen-bond acceptors (Lipinski definition) is 2. The van der Waals surface area contributed by atoms with Crippen molar-refractivity contribution in [3.05, 3.63) is 66.4 Å². The summed E-state index contributed by atoms with van der Waals surface area (Å²) in [6.07, 6.45) is 5.87. The Morgan fingerprint density at radius 1 is 1.04 bits per heavy atom. The number of allylic oxidation sites excluding steroid dienone is 3. The van der Waals surface area contributed by atoms with E-state index in [1.807, 2.05) is 12.2 Å². The number of nitrogens with zero attached hydrogens (tertiary/aromatic N) is 1. The van der Waals surface area contributed by atoms with Gasteiger partial charge in [-0.3, -0.25) is 4.79 Å². The summed E-state index contributed by atoms with van der Waals surface area (Å²) in [6, 6.07) is 15.0. The highest BCUT2D eigenvalue weighted by molar-refractivity contribution is 6.09. The number of rotatable bonds is 3. The number of para-hydroxylation sites is 1. The van der Waals surface area contributed by atoms with Crippen LogP contribution in [0, 0.1) is 0 Å². The highest BCUT2D eigenvalue weighted by Gasteiger charge is 2.10.